The van der Waals surface area contributed by atoms with Crippen LogP contribution in [-0.4, -0.2) is 49.1 Å². The summed E-state index contributed by atoms with van der Waals surface area (Å²) < 4.78 is 10.3. The molecular formula is C20H36N2O6. The van der Waals surface area contributed by atoms with Gasteiger partial charge in [-0.2, -0.15) is 0 Å². The first-order valence-electron chi connectivity index (χ1n) is 10.1. The quantitative estimate of drug-likeness (QED) is 0.341. The highest BCUT2D eigenvalue weighted by Crippen LogP contribution is 2.07. The van der Waals surface area contributed by atoms with E-state index >= 15 is 0 Å². The maximum Gasteiger partial charge on any atom is 0.328 e. The standard InChI is InChI=1S/C20H36N2O6/c1-6-8-12-27-17(24)11-10-16(20(26)28-13-9-7-2)22-19(25)18(14(3)4)21-15(5)23/h14,16,18H,6-13H2,1-5H3,(H,21,23)(H,22,25). The first kappa shape index (κ1) is 25.9. The minimum atomic E-state index is -0.974. The minimum absolute atomic E-state index is 0.00990. The molecule has 0 radical (unpaired) electrons. The van der Waals surface area contributed by atoms with Crippen LogP contribution in [0.5, 0.6) is 0 Å². The van der Waals surface area contributed by atoms with Gasteiger partial charge < -0.3 is 20.1 Å². The van der Waals surface area contributed by atoms with Crippen molar-refractivity contribution in [3.8, 4) is 0 Å². The Labute approximate surface area is 168 Å². The second-order valence-electron chi connectivity index (χ2n) is 7.12. The Hall–Kier alpha value is -2.12. The summed E-state index contributed by atoms with van der Waals surface area (Å²) in [5, 5.41) is 5.20. The topological polar surface area (TPSA) is 111 Å². The van der Waals surface area contributed by atoms with Crippen LogP contribution in [0.25, 0.3) is 0 Å². The van der Waals surface area contributed by atoms with E-state index in [-0.39, 0.29) is 31.3 Å². The Balaban J connectivity index is 4.95. The molecule has 2 N–H and O–H groups in total. The van der Waals surface area contributed by atoms with Crippen molar-refractivity contribution in [3.63, 3.8) is 0 Å². The van der Waals surface area contributed by atoms with Gasteiger partial charge in [0.25, 0.3) is 0 Å². The molecule has 8 nitrogen and oxygen atoms in total. The van der Waals surface area contributed by atoms with Gasteiger partial charge in [0.1, 0.15) is 12.1 Å². The molecular weight excluding hydrogens is 364 g/mol. The Kier molecular flexibility index (Phi) is 13.8. The molecule has 0 aromatic rings. The lowest BCUT2D eigenvalue weighted by Gasteiger charge is -2.24. The molecule has 0 heterocycles. The van der Waals surface area contributed by atoms with E-state index < -0.39 is 29.9 Å². The fourth-order valence-corrected chi connectivity index (χ4v) is 2.35. The lowest BCUT2D eigenvalue weighted by Crippen LogP contribution is -2.53. The number of amides is 2. The zero-order chi connectivity index (χ0) is 21.5. The molecule has 2 atom stereocenters. The van der Waals surface area contributed by atoms with E-state index in [2.05, 4.69) is 10.6 Å². The summed E-state index contributed by atoms with van der Waals surface area (Å²) in [6.07, 6.45) is 3.34. The molecule has 0 aromatic heterocycles. The van der Waals surface area contributed by atoms with Crippen LogP contribution in [0.1, 0.15) is 73.1 Å². The lowest BCUT2D eigenvalue weighted by atomic mass is 10.0. The van der Waals surface area contributed by atoms with Crippen LogP contribution < -0.4 is 10.6 Å². The van der Waals surface area contributed by atoms with Crippen LogP contribution in [0.2, 0.25) is 0 Å². The van der Waals surface area contributed by atoms with Gasteiger partial charge in [0.2, 0.25) is 11.8 Å². The number of carbonyl (C=O) groups is 4. The monoisotopic (exact) mass is 400 g/mol. The van der Waals surface area contributed by atoms with Crippen LogP contribution in [0.4, 0.5) is 0 Å². The molecule has 0 spiro atoms. The van der Waals surface area contributed by atoms with E-state index in [1.165, 1.54) is 6.92 Å². The highest BCUT2D eigenvalue weighted by Gasteiger charge is 2.29. The Bertz CT molecular complexity index is 507. The van der Waals surface area contributed by atoms with Gasteiger partial charge in [0.15, 0.2) is 0 Å². The number of hydrogen-bond donors (Lipinski definition) is 2. The number of ether oxygens (including phenoxy) is 2. The maximum absolute atomic E-state index is 12.6. The van der Waals surface area contributed by atoms with Gasteiger partial charge in [-0.1, -0.05) is 40.5 Å². The van der Waals surface area contributed by atoms with E-state index in [1.807, 2.05) is 13.8 Å². The summed E-state index contributed by atoms with van der Waals surface area (Å²) in [4.78, 5) is 48.1. The molecule has 2 unspecified atom stereocenters. The number of carbonyl (C=O) groups excluding carboxylic acids is 4. The van der Waals surface area contributed by atoms with E-state index in [0.717, 1.165) is 19.3 Å². The largest absolute Gasteiger partial charge is 0.466 e. The molecule has 0 aliphatic heterocycles. The first-order chi connectivity index (χ1) is 13.2. The molecule has 0 saturated heterocycles. The maximum atomic E-state index is 12.6. The van der Waals surface area contributed by atoms with Gasteiger partial charge in [0.05, 0.1) is 13.2 Å². The van der Waals surface area contributed by atoms with Crippen molar-refractivity contribution in [1.82, 2.24) is 10.6 Å². The van der Waals surface area contributed by atoms with Gasteiger partial charge >= 0.3 is 11.9 Å². The van der Waals surface area contributed by atoms with Crippen LogP contribution in [0, 0.1) is 5.92 Å². The van der Waals surface area contributed by atoms with Gasteiger partial charge in [-0.05, 0) is 25.2 Å². The van der Waals surface area contributed by atoms with Crippen molar-refractivity contribution in [2.45, 2.75) is 85.2 Å². The molecule has 0 saturated carbocycles. The average molecular weight is 401 g/mol. The smallest absolute Gasteiger partial charge is 0.328 e. The van der Waals surface area contributed by atoms with Crippen molar-refractivity contribution >= 4 is 23.8 Å². The number of unbranched alkanes of at least 4 members (excludes halogenated alkanes) is 2. The fraction of sp³-hybridized carbons (Fsp3) is 0.800. The average Bonchev–Trinajstić information content (AvgIpc) is 2.62. The molecule has 0 aliphatic carbocycles. The Morgan fingerprint density at radius 3 is 1.96 bits per heavy atom. The normalized spacial score (nSPS) is 12.8. The van der Waals surface area contributed by atoms with Crippen molar-refractivity contribution in [2.75, 3.05) is 13.2 Å². The number of esters is 2. The summed E-state index contributed by atoms with van der Waals surface area (Å²) in [7, 11) is 0. The third kappa shape index (κ3) is 11.6. The zero-order valence-corrected chi connectivity index (χ0v) is 17.8. The SMILES string of the molecule is CCCCOC(=O)CCC(NC(=O)C(NC(C)=O)C(C)C)C(=O)OCCCC. The summed E-state index contributed by atoms with van der Waals surface area (Å²) in [6.45, 7) is 9.46. The minimum Gasteiger partial charge on any atom is -0.466 e. The molecule has 0 rings (SSSR count). The van der Waals surface area contributed by atoms with Crippen molar-refractivity contribution in [3.05, 3.63) is 0 Å². The molecule has 0 aromatic carbocycles. The highest BCUT2D eigenvalue weighted by molar-refractivity contribution is 5.90. The predicted molar refractivity (Wildman–Crippen MR) is 105 cm³/mol. The van der Waals surface area contributed by atoms with Crippen molar-refractivity contribution in [2.24, 2.45) is 5.92 Å². The van der Waals surface area contributed by atoms with Gasteiger partial charge in [-0.15, -0.1) is 0 Å². The second kappa shape index (κ2) is 14.9. The van der Waals surface area contributed by atoms with Crippen LogP contribution in [0.3, 0.4) is 0 Å². The van der Waals surface area contributed by atoms with E-state index in [9.17, 15) is 19.2 Å². The summed E-state index contributed by atoms with van der Waals surface area (Å²) in [5.41, 5.74) is 0. The summed E-state index contributed by atoms with van der Waals surface area (Å²) in [5.74, 6) is -2.00. The van der Waals surface area contributed by atoms with Crippen LogP contribution in [-0.2, 0) is 28.7 Å². The first-order valence-corrected chi connectivity index (χ1v) is 10.1. The Morgan fingerprint density at radius 1 is 0.893 bits per heavy atom. The number of rotatable bonds is 14. The molecule has 28 heavy (non-hydrogen) atoms. The van der Waals surface area contributed by atoms with E-state index in [0.29, 0.717) is 13.0 Å². The molecule has 0 fully saturated rings. The molecule has 162 valence electrons. The van der Waals surface area contributed by atoms with Crippen LogP contribution >= 0.6 is 0 Å². The number of nitrogens with one attached hydrogen (secondary N) is 2. The Morgan fingerprint density at radius 2 is 1.46 bits per heavy atom. The molecule has 0 bridgehead atoms. The highest BCUT2D eigenvalue weighted by atomic mass is 16.5. The summed E-state index contributed by atoms with van der Waals surface area (Å²) in [6, 6.07) is -1.75. The van der Waals surface area contributed by atoms with Gasteiger partial charge in [-0.25, -0.2) is 4.79 Å². The molecule has 2 amide bonds. The van der Waals surface area contributed by atoms with Crippen molar-refractivity contribution in [1.29, 1.82) is 0 Å². The lowest BCUT2D eigenvalue weighted by molar-refractivity contribution is -0.149. The van der Waals surface area contributed by atoms with Crippen LogP contribution in [0.15, 0.2) is 0 Å². The molecule has 0 aliphatic rings. The van der Waals surface area contributed by atoms with Gasteiger partial charge in [0, 0.05) is 13.3 Å². The van der Waals surface area contributed by atoms with Crippen molar-refractivity contribution < 1.29 is 28.7 Å². The third-order valence-corrected chi connectivity index (χ3v) is 4.05. The summed E-state index contributed by atoms with van der Waals surface area (Å²) >= 11 is 0. The predicted octanol–water partition coefficient (Wildman–Crippen LogP) is 2.10. The number of hydrogen-bond acceptors (Lipinski definition) is 6. The van der Waals surface area contributed by atoms with E-state index in [1.54, 1.807) is 13.8 Å². The fourth-order valence-electron chi connectivity index (χ4n) is 2.35. The van der Waals surface area contributed by atoms with Gasteiger partial charge in [-0.3, -0.25) is 14.4 Å². The van der Waals surface area contributed by atoms with E-state index in [4.69, 9.17) is 9.47 Å². The second-order valence-corrected chi connectivity index (χ2v) is 7.12. The zero-order valence-electron chi connectivity index (χ0n) is 17.8. The molecule has 8 heteroatoms. The third-order valence-electron chi connectivity index (χ3n) is 4.05.